The number of terminal acetylenes is 1. The molecule has 1 heterocycles. The number of esters is 1. The Hall–Kier alpha value is -3.43. The molecule has 0 spiro atoms. The predicted octanol–water partition coefficient (Wildman–Crippen LogP) is 5.13. The lowest BCUT2D eigenvalue weighted by atomic mass is 9.93. The molecule has 0 saturated heterocycles. The van der Waals surface area contributed by atoms with Crippen LogP contribution >= 0.6 is 8.03 Å². The molecule has 0 bridgehead atoms. The van der Waals surface area contributed by atoms with Gasteiger partial charge in [-0.2, -0.15) is 4.89 Å². The second-order valence-electron chi connectivity index (χ2n) is 8.57. The van der Waals surface area contributed by atoms with E-state index >= 15 is 0 Å². The smallest absolute Gasteiger partial charge is 0.419 e. The number of hydrogen-bond acceptors (Lipinski definition) is 5. The fourth-order valence-corrected chi connectivity index (χ4v) is 4.70. The predicted molar refractivity (Wildman–Crippen MR) is 130 cm³/mol. The molecular formula is C27H24FNO5P+. The second kappa shape index (κ2) is 9.67. The number of halogens is 1. The van der Waals surface area contributed by atoms with E-state index in [-0.39, 0.29) is 11.7 Å². The SMILES string of the molecule is C#CC(C(=O)Oc1c(C2CC2)nc(-c2ccccc2)c(C)c1-c1ccc(F)cc1)(C(C)O)[P+](=O)O. The highest BCUT2D eigenvalue weighted by molar-refractivity contribution is 7.42. The molecule has 1 saturated carbocycles. The monoisotopic (exact) mass is 492 g/mol. The van der Waals surface area contributed by atoms with E-state index in [1.165, 1.54) is 12.1 Å². The summed E-state index contributed by atoms with van der Waals surface area (Å²) in [5.74, 6) is 0.441. The Morgan fingerprint density at radius 1 is 1.20 bits per heavy atom. The van der Waals surface area contributed by atoms with Crippen molar-refractivity contribution in [2.75, 3.05) is 0 Å². The summed E-state index contributed by atoms with van der Waals surface area (Å²) in [5.41, 5.74) is 3.79. The van der Waals surface area contributed by atoms with Gasteiger partial charge in [0.15, 0.2) is 5.75 Å². The maximum Gasteiger partial charge on any atom is 0.540 e. The van der Waals surface area contributed by atoms with Gasteiger partial charge in [-0.05, 0) is 60.4 Å². The zero-order valence-electron chi connectivity index (χ0n) is 19.2. The van der Waals surface area contributed by atoms with E-state index < -0.39 is 31.1 Å². The molecule has 8 heteroatoms. The number of ether oxygens (including phenoxy) is 1. The molecule has 178 valence electrons. The van der Waals surface area contributed by atoms with Crippen LogP contribution in [-0.4, -0.2) is 32.2 Å². The molecule has 4 rings (SSSR count). The standard InChI is InChI=1S/C27H23FNO5P/c1-4-27(17(3)30,35(32)33)26(31)34-25-22(18-12-14-21(28)15-13-18)16(2)23(19-8-6-5-7-9-19)29-24(25)20-10-11-20/h1,5-9,12-15,17,20,30H,10-11H2,2-3H3/p+1. The maximum absolute atomic E-state index is 13.7. The summed E-state index contributed by atoms with van der Waals surface area (Å²) < 4.78 is 31.7. The van der Waals surface area contributed by atoms with Gasteiger partial charge in [-0.1, -0.05) is 42.5 Å². The lowest BCUT2D eigenvalue weighted by Crippen LogP contribution is -2.46. The first-order chi connectivity index (χ1) is 16.7. The van der Waals surface area contributed by atoms with Gasteiger partial charge in [0.2, 0.25) is 0 Å². The quantitative estimate of drug-likeness (QED) is 0.270. The molecule has 3 unspecified atom stereocenters. The Labute approximate surface area is 203 Å². The highest BCUT2D eigenvalue weighted by atomic mass is 31.1. The summed E-state index contributed by atoms with van der Waals surface area (Å²) in [5, 5.41) is 7.74. The van der Waals surface area contributed by atoms with Gasteiger partial charge in [-0.3, -0.25) is 0 Å². The van der Waals surface area contributed by atoms with Crippen molar-refractivity contribution in [2.45, 2.75) is 43.9 Å². The lowest BCUT2D eigenvalue weighted by Gasteiger charge is -2.22. The van der Waals surface area contributed by atoms with E-state index in [1.54, 1.807) is 12.1 Å². The summed E-state index contributed by atoms with van der Waals surface area (Å²) in [7, 11) is -3.33. The van der Waals surface area contributed by atoms with Crippen molar-refractivity contribution in [1.82, 2.24) is 4.98 Å². The topological polar surface area (TPSA) is 96.7 Å². The number of carbonyl (C=O) groups is 1. The summed E-state index contributed by atoms with van der Waals surface area (Å²) in [6.07, 6.45) is 5.45. The molecular weight excluding hydrogens is 468 g/mol. The highest BCUT2D eigenvalue weighted by Gasteiger charge is 2.62. The molecule has 2 N–H and O–H groups in total. The molecule has 0 radical (unpaired) electrons. The molecule has 1 fully saturated rings. The van der Waals surface area contributed by atoms with Crippen LogP contribution in [0, 0.1) is 25.1 Å². The minimum absolute atomic E-state index is 0.00901. The highest BCUT2D eigenvalue weighted by Crippen LogP contribution is 2.50. The minimum Gasteiger partial charge on any atom is -0.419 e. The third-order valence-corrected chi connectivity index (χ3v) is 7.49. The Balaban J connectivity index is 1.98. The third kappa shape index (κ3) is 4.49. The van der Waals surface area contributed by atoms with E-state index in [9.17, 15) is 23.7 Å². The summed E-state index contributed by atoms with van der Waals surface area (Å²) in [6.45, 7) is 2.98. The summed E-state index contributed by atoms with van der Waals surface area (Å²) in [4.78, 5) is 28.0. The van der Waals surface area contributed by atoms with E-state index in [4.69, 9.17) is 16.1 Å². The number of hydrogen-bond donors (Lipinski definition) is 2. The fraction of sp³-hybridized carbons (Fsp3) is 0.259. The van der Waals surface area contributed by atoms with Gasteiger partial charge in [0.05, 0.1) is 11.4 Å². The average molecular weight is 492 g/mol. The van der Waals surface area contributed by atoms with Crippen LogP contribution in [-0.2, 0) is 9.36 Å². The Kier molecular flexibility index (Phi) is 6.82. The van der Waals surface area contributed by atoms with Crippen molar-refractivity contribution in [2.24, 2.45) is 0 Å². The molecule has 1 aliphatic carbocycles. The molecule has 0 amide bonds. The summed E-state index contributed by atoms with van der Waals surface area (Å²) in [6, 6.07) is 15.2. The van der Waals surface area contributed by atoms with Crippen molar-refractivity contribution in [1.29, 1.82) is 0 Å². The van der Waals surface area contributed by atoms with Gasteiger partial charge < -0.3 is 9.84 Å². The third-order valence-electron chi connectivity index (χ3n) is 6.20. The number of rotatable bonds is 7. The molecule has 2 aromatic carbocycles. The van der Waals surface area contributed by atoms with Crippen LogP contribution in [0.2, 0.25) is 0 Å². The number of nitrogens with zero attached hydrogens (tertiary/aromatic N) is 1. The lowest BCUT2D eigenvalue weighted by molar-refractivity contribution is -0.138. The van der Waals surface area contributed by atoms with E-state index in [0.29, 0.717) is 28.1 Å². The largest absolute Gasteiger partial charge is 0.540 e. The van der Waals surface area contributed by atoms with Crippen LogP contribution in [0.15, 0.2) is 54.6 Å². The van der Waals surface area contributed by atoms with Gasteiger partial charge in [0.25, 0.3) is 0 Å². The normalized spacial score (nSPS) is 16.1. The first-order valence-corrected chi connectivity index (χ1v) is 12.3. The van der Waals surface area contributed by atoms with E-state index in [2.05, 4.69) is 0 Å². The van der Waals surface area contributed by atoms with Crippen LogP contribution in [0.3, 0.4) is 0 Å². The molecule has 35 heavy (non-hydrogen) atoms. The Bertz CT molecular complexity index is 1330. The number of aliphatic hydroxyl groups is 1. The number of benzene rings is 2. The van der Waals surface area contributed by atoms with Crippen LogP contribution in [0.1, 0.15) is 36.9 Å². The van der Waals surface area contributed by atoms with Crippen LogP contribution in [0.25, 0.3) is 22.4 Å². The molecule has 6 nitrogen and oxygen atoms in total. The van der Waals surface area contributed by atoms with E-state index in [1.807, 2.05) is 43.2 Å². The fourth-order valence-electron chi connectivity index (χ4n) is 4.06. The number of aliphatic hydroxyl groups excluding tert-OH is 1. The van der Waals surface area contributed by atoms with Crippen LogP contribution < -0.4 is 4.74 Å². The molecule has 1 aromatic heterocycles. The average Bonchev–Trinajstić information content (AvgIpc) is 3.66. The zero-order valence-corrected chi connectivity index (χ0v) is 20.1. The van der Waals surface area contributed by atoms with Gasteiger partial charge in [-0.25, -0.2) is 14.2 Å². The van der Waals surface area contributed by atoms with Crippen LogP contribution in [0.5, 0.6) is 5.75 Å². The van der Waals surface area contributed by atoms with E-state index in [0.717, 1.165) is 25.3 Å². The van der Waals surface area contributed by atoms with Crippen molar-refractivity contribution in [3.8, 4) is 40.5 Å². The van der Waals surface area contributed by atoms with Gasteiger partial charge in [-0.15, -0.1) is 6.42 Å². The summed E-state index contributed by atoms with van der Waals surface area (Å²) >= 11 is 0. The number of carbonyl (C=O) groups excluding carboxylic acids is 1. The Morgan fingerprint density at radius 3 is 2.34 bits per heavy atom. The van der Waals surface area contributed by atoms with Gasteiger partial charge in [0.1, 0.15) is 11.9 Å². The second-order valence-corrected chi connectivity index (χ2v) is 9.82. The van der Waals surface area contributed by atoms with Crippen molar-refractivity contribution >= 4 is 14.0 Å². The molecule has 1 aliphatic rings. The number of aromatic nitrogens is 1. The van der Waals surface area contributed by atoms with Crippen molar-refractivity contribution in [3.05, 3.63) is 71.7 Å². The first-order valence-electron chi connectivity index (χ1n) is 11.1. The molecule has 0 aliphatic heterocycles. The zero-order chi connectivity index (χ0) is 25.3. The van der Waals surface area contributed by atoms with Crippen LogP contribution in [0.4, 0.5) is 4.39 Å². The van der Waals surface area contributed by atoms with Gasteiger partial charge in [0, 0.05) is 17.0 Å². The van der Waals surface area contributed by atoms with Crippen molar-refractivity contribution in [3.63, 3.8) is 0 Å². The Morgan fingerprint density at radius 2 is 1.83 bits per heavy atom. The molecule has 3 aromatic rings. The number of pyridine rings is 1. The van der Waals surface area contributed by atoms with Crippen molar-refractivity contribution < 1.29 is 28.5 Å². The van der Waals surface area contributed by atoms with Gasteiger partial charge >= 0.3 is 19.2 Å². The maximum atomic E-state index is 13.7. The minimum atomic E-state index is -3.33. The first kappa shape index (κ1) is 24.7. The molecule has 3 atom stereocenters.